The van der Waals surface area contributed by atoms with Crippen LogP contribution in [-0.4, -0.2) is 23.8 Å². The number of hydrogen-bond donors (Lipinski definition) is 1. The minimum absolute atomic E-state index is 0.290. The number of ether oxygens (including phenoxy) is 1. The van der Waals surface area contributed by atoms with Crippen LogP contribution in [0.5, 0.6) is 0 Å². The lowest BCUT2D eigenvalue weighted by molar-refractivity contribution is 0.0523. The number of rotatable bonds is 3. The molecule has 0 aromatic carbocycles. The van der Waals surface area contributed by atoms with E-state index in [4.69, 9.17) is 4.74 Å². The van der Waals surface area contributed by atoms with Crippen molar-refractivity contribution in [2.45, 2.75) is 20.8 Å². The van der Waals surface area contributed by atoms with Gasteiger partial charge in [0.05, 0.1) is 17.9 Å². The number of esters is 1. The molecule has 1 aromatic heterocycles. The molecule has 1 rings (SSSR count). The molecule has 0 aliphatic rings. The largest absolute Gasteiger partial charge is 0.462 e. The second-order valence-corrected chi connectivity index (χ2v) is 3.00. The monoisotopic (exact) mass is 195 g/mol. The molecule has 0 radical (unpaired) electrons. The molecule has 1 aromatic rings. The van der Waals surface area contributed by atoms with Gasteiger partial charge in [-0.3, -0.25) is 4.79 Å². The predicted molar refractivity (Wildman–Crippen MR) is 51.6 cm³/mol. The number of H-pyrrole nitrogens is 1. The number of aldehydes is 1. The van der Waals surface area contributed by atoms with E-state index in [-0.39, 0.29) is 0 Å². The van der Waals surface area contributed by atoms with E-state index in [0.29, 0.717) is 24.2 Å². The summed E-state index contributed by atoms with van der Waals surface area (Å²) in [7, 11) is 0. The standard InChI is InChI=1S/C10H13NO3/c1-4-14-10(13)9-6(2)7(3)11-8(9)5-12/h5,11H,4H2,1-3H3. The van der Waals surface area contributed by atoms with Crippen molar-refractivity contribution in [3.8, 4) is 0 Å². The minimum atomic E-state index is -0.448. The average molecular weight is 195 g/mol. The maximum Gasteiger partial charge on any atom is 0.340 e. The third-order valence-electron chi connectivity index (χ3n) is 2.13. The summed E-state index contributed by atoms with van der Waals surface area (Å²) in [5.41, 5.74) is 2.22. The van der Waals surface area contributed by atoms with Gasteiger partial charge in [-0.05, 0) is 26.3 Å². The van der Waals surface area contributed by atoms with E-state index in [2.05, 4.69) is 4.98 Å². The molecular weight excluding hydrogens is 182 g/mol. The van der Waals surface area contributed by atoms with E-state index in [1.54, 1.807) is 13.8 Å². The molecule has 0 spiro atoms. The van der Waals surface area contributed by atoms with Gasteiger partial charge in [0.1, 0.15) is 0 Å². The van der Waals surface area contributed by atoms with Crippen LogP contribution in [-0.2, 0) is 4.74 Å². The van der Waals surface area contributed by atoms with Crippen molar-refractivity contribution in [2.75, 3.05) is 6.61 Å². The lowest BCUT2D eigenvalue weighted by Crippen LogP contribution is -2.07. The van der Waals surface area contributed by atoms with Crippen LogP contribution in [0.2, 0.25) is 0 Å². The van der Waals surface area contributed by atoms with Crippen molar-refractivity contribution in [1.82, 2.24) is 4.98 Å². The van der Waals surface area contributed by atoms with Gasteiger partial charge in [0, 0.05) is 5.69 Å². The van der Waals surface area contributed by atoms with Gasteiger partial charge in [-0.15, -0.1) is 0 Å². The average Bonchev–Trinajstić information content (AvgIpc) is 2.43. The molecule has 0 amide bonds. The Morgan fingerprint density at radius 2 is 2.14 bits per heavy atom. The van der Waals surface area contributed by atoms with Gasteiger partial charge in [0.2, 0.25) is 0 Å². The second kappa shape index (κ2) is 4.09. The Morgan fingerprint density at radius 3 is 2.64 bits per heavy atom. The van der Waals surface area contributed by atoms with E-state index >= 15 is 0 Å². The summed E-state index contributed by atoms with van der Waals surface area (Å²) >= 11 is 0. The Hall–Kier alpha value is -1.58. The summed E-state index contributed by atoms with van der Waals surface area (Å²) in [4.78, 5) is 25.0. The Morgan fingerprint density at radius 1 is 1.50 bits per heavy atom. The van der Waals surface area contributed by atoms with E-state index in [1.165, 1.54) is 0 Å². The Kier molecular flexibility index (Phi) is 3.06. The first-order valence-electron chi connectivity index (χ1n) is 4.43. The molecule has 0 unspecified atom stereocenters. The fraction of sp³-hybridized carbons (Fsp3) is 0.400. The lowest BCUT2D eigenvalue weighted by atomic mass is 10.1. The molecule has 0 aliphatic heterocycles. The maximum atomic E-state index is 11.5. The van der Waals surface area contributed by atoms with Crippen LogP contribution in [0.4, 0.5) is 0 Å². The van der Waals surface area contributed by atoms with Crippen molar-refractivity contribution in [3.05, 3.63) is 22.5 Å². The first-order valence-corrected chi connectivity index (χ1v) is 4.43. The molecule has 76 valence electrons. The Labute approximate surface area is 82.3 Å². The van der Waals surface area contributed by atoms with Crippen molar-refractivity contribution in [3.63, 3.8) is 0 Å². The number of carbonyl (C=O) groups is 2. The summed E-state index contributed by atoms with van der Waals surface area (Å²) in [6.45, 7) is 5.63. The Balaban J connectivity index is 3.17. The zero-order chi connectivity index (χ0) is 10.7. The topological polar surface area (TPSA) is 59.2 Å². The minimum Gasteiger partial charge on any atom is -0.462 e. The second-order valence-electron chi connectivity index (χ2n) is 3.00. The van der Waals surface area contributed by atoms with Gasteiger partial charge in [0.15, 0.2) is 6.29 Å². The molecule has 4 nitrogen and oxygen atoms in total. The van der Waals surface area contributed by atoms with Gasteiger partial charge < -0.3 is 9.72 Å². The number of carbonyl (C=O) groups excluding carboxylic acids is 2. The van der Waals surface area contributed by atoms with E-state index in [1.807, 2.05) is 6.92 Å². The van der Waals surface area contributed by atoms with Crippen LogP contribution in [0.25, 0.3) is 0 Å². The summed E-state index contributed by atoms with van der Waals surface area (Å²) in [5, 5.41) is 0. The first kappa shape index (κ1) is 10.5. The first-order chi connectivity index (χ1) is 6.61. The highest BCUT2D eigenvalue weighted by atomic mass is 16.5. The summed E-state index contributed by atoms with van der Waals surface area (Å²) in [5.74, 6) is -0.448. The number of aromatic amines is 1. The molecule has 0 saturated carbocycles. The number of nitrogens with one attached hydrogen (secondary N) is 1. The maximum absolute atomic E-state index is 11.5. The molecule has 0 atom stereocenters. The highest BCUT2D eigenvalue weighted by Gasteiger charge is 2.19. The lowest BCUT2D eigenvalue weighted by Gasteiger charge is -2.01. The predicted octanol–water partition coefficient (Wildman–Crippen LogP) is 1.62. The Bertz CT molecular complexity index is 366. The molecule has 0 saturated heterocycles. The van der Waals surface area contributed by atoms with Gasteiger partial charge in [-0.25, -0.2) is 4.79 Å². The van der Waals surface area contributed by atoms with Gasteiger partial charge in [0.25, 0.3) is 0 Å². The normalized spacial score (nSPS) is 9.93. The van der Waals surface area contributed by atoms with Crippen LogP contribution in [0, 0.1) is 13.8 Å². The zero-order valence-electron chi connectivity index (χ0n) is 8.51. The molecule has 1 heterocycles. The smallest absolute Gasteiger partial charge is 0.340 e. The van der Waals surface area contributed by atoms with Gasteiger partial charge in [-0.1, -0.05) is 0 Å². The highest BCUT2D eigenvalue weighted by molar-refractivity contribution is 5.99. The molecule has 4 heteroatoms. The van der Waals surface area contributed by atoms with Gasteiger partial charge in [-0.2, -0.15) is 0 Å². The molecule has 0 fully saturated rings. The molecular formula is C10H13NO3. The quantitative estimate of drug-likeness (QED) is 0.589. The third kappa shape index (κ3) is 1.69. The molecule has 0 bridgehead atoms. The van der Waals surface area contributed by atoms with Crippen LogP contribution >= 0.6 is 0 Å². The number of aryl methyl sites for hydroxylation is 1. The number of hydrogen-bond acceptors (Lipinski definition) is 3. The molecule has 1 N–H and O–H groups in total. The highest BCUT2D eigenvalue weighted by Crippen LogP contribution is 2.17. The van der Waals surface area contributed by atoms with Crippen molar-refractivity contribution >= 4 is 12.3 Å². The zero-order valence-corrected chi connectivity index (χ0v) is 8.51. The number of aromatic nitrogens is 1. The van der Waals surface area contributed by atoms with Crippen LogP contribution < -0.4 is 0 Å². The van der Waals surface area contributed by atoms with Crippen LogP contribution in [0.1, 0.15) is 39.0 Å². The van der Waals surface area contributed by atoms with Crippen LogP contribution in [0.3, 0.4) is 0 Å². The van der Waals surface area contributed by atoms with Crippen molar-refractivity contribution in [1.29, 1.82) is 0 Å². The molecule has 14 heavy (non-hydrogen) atoms. The fourth-order valence-electron chi connectivity index (χ4n) is 1.30. The van der Waals surface area contributed by atoms with E-state index < -0.39 is 5.97 Å². The third-order valence-corrected chi connectivity index (χ3v) is 2.13. The van der Waals surface area contributed by atoms with Crippen molar-refractivity contribution in [2.24, 2.45) is 0 Å². The van der Waals surface area contributed by atoms with Crippen LogP contribution in [0.15, 0.2) is 0 Å². The van der Waals surface area contributed by atoms with Gasteiger partial charge >= 0.3 is 5.97 Å². The fourth-order valence-corrected chi connectivity index (χ4v) is 1.30. The van der Waals surface area contributed by atoms with Crippen molar-refractivity contribution < 1.29 is 14.3 Å². The summed E-state index contributed by atoms with van der Waals surface area (Å²) in [6.07, 6.45) is 0.631. The summed E-state index contributed by atoms with van der Waals surface area (Å²) < 4.78 is 4.85. The SMILES string of the molecule is CCOC(=O)c1c(C=O)[nH]c(C)c1C. The van der Waals surface area contributed by atoms with E-state index in [9.17, 15) is 9.59 Å². The molecule has 0 aliphatic carbocycles. The van der Waals surface area contributed by atoms with E-state index in [0.717, 1.165) is 11.3 Å². The summed E-state index contributed by atoms with van der Waals surface area (Å²) in [6, 6.07) is 0.